The van der Waals surface area contributed by atoms with Gasteiger partial charge in [-0.25, -0.2) is 0 Å². The summed E-state index contributed by atoms with van der Waals surface area (Å²) in [5.41, 5.74) is 9.21. The average Bonchev–Trinajstić information content (AvgIpc) is 2.39. The van der Waals surface area contributed by atoms with Crippen LogP contribution in [0, 0.1) is 13.8 Å². The predicted molar refractivity (Wildman–Crippen MR) is 84.7 cm³/mol. The monoisotopic (exact) mass is 308 g/mol. The van der Waals surface area contributed by atoms with E-state index in [-0.39, 0.29) is 5.91 Å². The van der Waals surface area contributed by atoms with Crippen molar-refractivity contribution in [2.45, 2.75) is 13.8 Å². The van der Waals surface area contributed by atoms with E-state index >= 15 is 0 Å². The number of carbonyl (C=O) groups excluding carboxylic acids is 1. The Morgan fingerprint density at radius 1 is 1.05 bits per heavy atom. The summed E-state index contributed by atoms with van der Waals surface area (Å²) in [6, 6.07) is 8.56. The van der Waals surface area contributed by atoms with Crippen molar-refractivity contribution in [3.8, 4) is 0 Å². The first-order chi connectivity index (χ1) is 9.38. The lowest BCUT2D eigenvalue weighted by atomic mass is 10.1. The van der Waals surface area contributed by atoms with Gasteiger partial charge in [0.2, 0.25) is 0 Å². The zero-order chi connectivity index (χ0) is 14.9. The number of halogens is 2. The van der Waals surface area contributed by atoms with E-state index in [1.165, 1.54) is 12.1 Å². The second-order valence-electron chi connectivity index (χ2n) is 4.61. The van der Waals surface area contributed by atoms with Crippen LogP contribution in [0.25, 0.3) is 0 Å². The number of nitrogens with one attached hydrogen (secondary N) is 1. The van der Waals surface area contributed by atoms with Gasteiger partial charge in [-0.05, 0) is 49.2 Å². The Labute approximate surface area is 127 Å². The Balaban J connectivity index is 2.27. The third-order valence-corrected chi connectivity index (χ3v) is 3.74. The highest BCUT2D eigenvalue weighted by Crippen LogP contribution is 2.31. The minimum atomic E-state index is -0.240. The molecule has 0 spiro atoms. The van der Waals surface area contributed by atoms with E-state index in [4.69, 9.17) is 28.9 Å². The Hall–Kier alpha value is -1.71. The zero-order valence-electron chi connectivity index (χ0n) is 11.1. The summed E-state index contributed by atoms with van der Waals surface area (Å²) in [7, 11) is 0. The number of amides is 1. The average molecular weight is 309 g/mol. The van der Waals surface area contributed by atoms with Crippen molar-refractivity contribution in [1.29, 1.82) is 0 Å². The molecule has 3 nitrogen and oxygen atoms in total. The van der Waals surface area contributed by atoms with Crippen LogP contribution in [0.15, 0.2) is 30.3 Å². The fraction of sp³-hybridized carbons (Fsp3) is 0.133. The van der Waals surface area contributed by atoms with Crippen LogP contribution in [0.1, 0.15) is 21.5 Å². The molecular formula is C15H14Cl2N2O. The molecule has 0 heterocycles. The SMILES string of the molecule is Cc1ccc(C(=O)Nc2cc(Cl)c(N)cc2Cl)cc1C. The molecule has 1 amide bonds. The normalized spacial score (nSPS) is 10.4. The number of nitrogens with two attached hydrogens (primary N) is 1. The van der Waals surface area contributed by atoms with E-state index in [1.807, 2.05) is 26.0 Å². The highest BCUT2D eigenvalue weighted by molar-refractivity contribution is 6.37. The van der Waals surface area contributed by atoms with Gasteiger partial charge in [-0.3, -0.25) is 4.79 Å². The second kappa shape index (κ2) is 5.73. The molecule has 0 unspecified atom stereocenters. The Bertz CT molecular complexity index is 684. The molecule has 0 atom stereocenters. The molecule has 0 aliphatic heterocycles. The summed E-state index contributed by atoms with van der Waals surface area (Å²) in [4.78, 5) is 12.2. The van der Waals surface area contributed by atoms with Gasteiger partial charge in [0.1, 0.15) is 0 Å². The van der Waals surface area contributed by atoms with Gasteiger partial charge in [-0.1, -0.05) is 29.3 Å². The number of hydrogen-bond acceptors (Lipinski definition) is 2. The standard InChI is InChI=1S/C15H14Cl2N2O/c1-8-3-4-10(5-9(8)2)15(20)19-14-7-11(16)13(18)6-12(14)17/h3-7H,18H2,1-2H3,(H,19,20). The van der Waals surface area contributed by atoms with Gasteiger partial charge in [0, 0.05) is 5.56 Å². The fourth-order valence-electron chi connectivity index (χ4n) is 1.74. The van der Waals surface area contributed by atoms with E-state index in [0.29, 0.717) is 27.0 Å². The molecule has 20 heavy (non-hydrogen) atoms. The van der Waals surface area contributed by atoms with Crippen molar-refractivity contribution in [2.24, 2.45) is 0 Å². The lowest BCUT2D eigenvalue weighted by Gasteiger charge is -2.10. The Kier molecular flexibility index (Phi) is 4.21. The molecule has 0 aliphatic rings. The summed E-state index contributed by atoms with van der Waals surface area (Å²) in [5, 5.41) is 3.43. The van der Waals surface area contributed by atoms with Crippen molar-refractivity contribution in [1.82, 2.24) is 0 Å². The highest BCUT2D eigenvalue weighted by atomic mass is 35.5. The maximum absolute atomic E-state index is 12.2. The minimum Gasteiger partial charge on any atom is -0.397 e. The minimum absolute atomic E-state index is 0.240. The van der Waals surface area contributed by atoms with E-state index < -0.39 is 0 Å². The third kappa shape index (κ3) is 3.06. The molecule has 2 rings (SSSR count). The summed E-state index contributed by atoms with van der Waals surface area (Å²) < 4.78 is 0. The van der Waals surface area contributed by atoms with Crippen LogP contribution in [0.2, 0.25) is 10.0 Å². The van der Waals surface area contributed by atoms with Crippen LogP contribution >= 0.6 is 23.2 Å². The quantitative estimate of drug-likeness (QED) is 0.806. The van der Waals surface area contributed by atoms with Crippen molar-refractivity contribution >= 4 is 40.5 Å². The summed E-state index contributed by atoms with van der Waals surface area (Å²) in [5.74, 6) is -0.240. The number of benzene rings is 2. The lowest BCUT2D eigenvalue weighted by Crippen LogP contribution is -2.12. The molecule has 0 aromatic heterocycles. The van der Waals surface area contributed by atoms with Crippen LogP contribution in [-0.2, 0) is 0 Å². The summed E-state index contributed by atoms with van der Waals surface area (Å²) in [6.45, 7) is 3.95. The number of rotatable bonds is 2. The van der Waals surface area contributed by atoms with Crippen molar-refractivity contribution in [3.63, 3.8) is 0 Å². The molecule has 2 aromatic carbocycles. The number of hydrogen-bond donors (Lipinski definition) is 2. The summed E-state index contributed by atoms with van der Waals surface area (Å²) >= 11 is 12.0. The molecule has 0 saturated heterocycles. The first-order valence-electron chi connectivity index (χ1n) is 6.01. The van der Waals surface area contributed by atoms with E-state index in [9.17, 15) is 4.79 Å². The molecule has 0 radical (unpaired) electrons. The largest absolute Gasteiger partial charge is 0.397 e. The summed E-state index contributed by atoms with van der Waals surface area (Å²) in [6.07, 6.45) is 0. The van der Waals surface area contributed by atoms with Gasteiger partial charge in [-0.15, -0.1) is 0 Å². The molecule has 0 saturated carbocycles. The third-order valence-electron chi connectivity index (χ3n) is 3.10. The van der Waals surface area contributed by atoms with Crippen molar-refractivity contribution in [2.75, 3.05) is 11.1 Å². The first kappa shape index (κ1) is 14.7. The number of carbonyl (C=O) groups is 1. The number of aryl methyl sites for hydroxylation is 2. The van der Waals surface area contributed by atoms with Crippen molar-refractivity contribution < 1.29 is 4.79 Å². The topological polar surface area (TPSA) is 55.1 Å². The van der Waals surface area contributed by atoms with Gasteiger partial charge >= 0.3 is 0 Å². The van der Waals surface area contributed by atoms with Crippen LogP contribution in [0.3, 0.4) is 0 Å². The van der Waals surface area contributed by atoms with Gasteiger partial charge in [0.15, 0.2) is 0 Å². The van der Waals surface area contributed by atoms with Gasteiger partial charge < -0.3 is 11.1 Å². The van der Waals surface area contributed by atoms with Crippen molar-refractivity contribution in [3.05, 3.63) is 57.1 Å². The maximum atomic E-state index is 12.2. The van der Waals surface area contributed by atoms with E-state index in [2.05, 4.69) is 5.32 Å². The molecule has 3 N–H and O–H groups in total. The fourth-order valence-corrected chi connectivity index (χ4v) is 2.12. The molecule has 5 heteroatoms. The molecule has 0 bridgehead atoms. The lowest BCUT2D eigenvalue weighted by molar-refractivity contribution is 0.102. The number of nitrogen functional groups attached to an aromatic ring is 1. The van der Waals surface area contributed by atoms with Crippen LogP contribution in [-0.4, -0.2) is 5.91 Å². The Morgan fingerprint density at radius 3 is 2.40 bits per heavy atom. The maximum Gasteiger partial charge on any atom is 0.255 e. The molecule has 0 aliphatic carbocycles. The number of anilines is 2. The zero-order valence-corrected chi connectivity index (χ0v) is 12.6. The van der Waals surface area contributed by atoms with Crippen LogP contribution < -0.4 is 11.1 Å². The Morgan fingerprint density at radius 2 is 1.75 bits per heavy atom. The second-order valence-corrected chi connectivity index (χ2v) is 5.42. The molecule has 0 fully saturated rings. The van der Waals surface area contributed by atoms with Crippen LogP contribution in [0.5, 0.6) is 0 Å². The predicted octanol–water partition coefficient (Wildman–Crippen LogP) is 4.44. The molecule has 2 aromatic rings. The molecule has 104 valence electrons. The highest BCUT2D eigenvalue weighted by Gasteiger charge is 2.11. The van der Waals surface area contributed by atoms with Gasteiger partial charge in [-0.2, -0.15) is 0 Å². The van der Waals surface area contributed by atoms with Crippen LogP contribution in [0.4, 0.5) is 11.4 Å². The molecular weight excluding hydrogens is 295 g/mol. The van der Waals surface area contributed by atoms with Gasteiger partial charge in [0.05, 0.1) is 21.4 Å². The first-order valence-corrected chi connectivity index (χ1v) is 6.77. The van der Waals surface area contributed by atoms with Gasteiger partial charge in [0.25, 0.3) is 5.91 Å². The van der Waals surface area contributed by atoms with E-state index in [1.54, 1.807) is 6.07 Å². The smallest absolute Gasteiger partial charge is 0.255 e. The van der Waals surface area contributed by atoms with E-state index in [0.717, 1.165) is 11.1 Å².